The standard InChI is InChI=1S/C20H28N.2C18H24N/c1-14-8-9-18(15(2)10-14)19-11-17(12-20(4,5)6)16(3)13-21(19)7;1-12(2)17-11-19(6)18(10-15(17)5)16-8-7-13(3)9-14(16)4;1-13(2)10-16-8-9-19(5)18(12-16)17-7-6-14(3)11-15(17)4/h8-11,13H,12H2,1-7H3;7-12H,1-6H3;6-9,11-13H,10H2,1-5H3/q3*+1/i1D3,3D3,12D2;1D3,3D3,12D;3D3,10D2. The summed E-state index contributed by atoms with van der Waals surface area (Å²) in [5, 5.41) is 0. The fourth-order valence-corrected chi connectivity index (χ4v) is 6.95. The van der Waals surface area contributed by atoms with Gasteiger partial charge in [0.05, 0.1) is 0 Å². The molecule has 3 heterocycles. The van der Waals surface area contributed by atoms with Crippen LogP contribution >= 0.6 is 0 Å². The third-order valence-corrected chi connectivity index (χ3v) is 9.78. The van der Waals surface area contributed by atoms with Crippen molar-refractivity contribution >= 4 is 0 Å². The highest BCUT2D eigenvalue weighted by atomic mass is 14.9. The van der Waals surface area contributed by atoms with E-state index in [1.54, 1.807) is 125 Å². The number of nitrogens with zero attached hydrogens (tertiary/aromatic N) is 3. The molecule has 6 aromatic rings. The zero-order valence-corrected chi connectivity index (χ0v) is 37.2. The van der Waals surface area contributed by atoms with E-state index < -0.39 is 58.3 Å². The van der Waals surface area contributed by atoms with Crippen LogP contribution in [0.15, 0.2) is 97.5 Å². The molecule has 1 unspecified atom stereocenters. The van der Waals surface area contributed by atoms with Gasteiger partial charge in [0.1, 0.15) is 21.1 Å². The smallest absolute Gasteiger partial charge is 0.201 e. The van der Waals surface area contributed by atoms with Gasteiger partial charge >= 0.3 is 0 Å². The zero-order chi connectivity index (χ0) is 60.9. The Morgan fingerprint density at radius 1 is 0.576 bits per heavy atom. The second-order valence-corrected chi connectivity index (χ2v) is 16.8. The van der Waals surface area contributed by atoms with Crippen LogP contribution in [0.3, 0.4) is 0 Å². The molecule has 0 radical (unpaired) electrons. The van der Waals surface area contributed by atoms with Gasteiger partial charge in [0.2, 0.25) is 17.1 Å². The summed E-state index contributed by atoms with van der Waals surface area (Å²) in [5.41, 5.74) is 9.13. The fourth-order valence-electron chi connectivity index (χ4n) is 6.95. The van der Waals surface area contributed by atoms with Gasteiger partial charge < -0.3 is 0 Å². The molecule has 3 nitrogen and oxygen atoms in total. The van der Waals surface area contributed by atoms with Gasteiger partial charge in [0.15, 0.2) is 18.6 Å². The Balaban J connectivity index is 0.000000256. The summed E-state index contributed by atoms with van der Waals surface area (Å²) >= 11 is 0. The second-order valence-electron chi connectivity index (χ2n) is 16.8. The van der Waals surface area contributed by atoms with E-state index in [4.69, 9.17) is 27.4 Å². The molecule has 6 rings (SSSR count). The number of aryl methyl sites for hydroxylation is 11. The predicted octanol–water partition coefficient (Wildman–Crippen LogP) is 12.9. The predicted molar refractivity (Wildman–Crippen MR) is 253 cm³/mol. The SMILES string of the molecule is [2H]C([2H])([2H])c1ccc(-c2cc(C([2H])([2H])C(C)(C)C)c(C([2H])([2H])[2H])c[n+]2C)c(C)c1.[2H]C([2H])([2H])c1ccc(-c2cc(C([2H])([2H])C(C)C)cc[n+]2C)c(C)c1.[2H]C([2H])([2H])c1ccc(-c2cc(C)c(C([2H])(C)C([2H])([2H])[2H])c[n+]2C)c(C)c1. The van der Waals surface area contributed by atoms with Crippen LogP contribution in [0, 0.1) is 66.4 Å². The highest BCUT2D eigenvalue weighted by Gasteiger charge is 2.20. The van der Waals surface area contributed by atoms with Crippen molar-refractivity contribution in [1.29, 1.82) is 0 Å². The number of aromatic nitrogens is 3. The summed E-state index contributed by atoms with van der Waals surface area (Å²) < 4.78 is 162. The number of hydrogen-bond acceptors (Lipinski definition) is 0. The van der Waals surface area contributed by atoms with Crippen molar-refractivity contribution in [3.63, 3.8) is 0 Å². The highest BCUT2D eigenvalue weighted by molar-refractivity contribution is 5.64. The van der Waals surface area contributed by atoms with E-state index in [9.17, 15) is 0 Å². The maximum Gasteiger partial charge on any atom is 0.212 e. The Labute approximate surface area is 388 Å². The maximum absolute atomic E-state index is 8.67. The molecule has 0 fully saturated rings. The van der Waals surface area contributed by atoms with Gasteiger partial charge in [-0.3, -0.25) is 0 Å². The molecule has 3 heteroatoms. The minimum absolute atomic E-state index is 0.0274. The van der Waals surface area contributed by atoms with Gasteiger partial charge in [-0.25, -0.2) is 13.7 Å². The molecular formula is C56H76N3+3. The van der Waals surface area contributed by atoms with E-state index in [1.165, 1.54) is 19.2 Å². The minimum atomic E-state index is -2.47. The van der Waals surface area contributed by atoms with Crippen LogP contribution < -0.4 is 13.7 Å². The summed E-state index contributed by atoms with van der Waals surface area (Å²) in [5.74, 6) is -1.86. The van der Waals surface area contributed by atoms with Crippen LogP contribution in [-0.4, -0.2) is 0 Å². The topological polar surface area (TPSA) is 11.6 Å². The van der Waals surface area contributed by atoms with Crippen LogP contribution in [0.4, 0.5) is 0 Å². The van der Waals surface area contributed by atoms with Crippen molar-refractivity contribution in [2.45, 2.75) is 122 Å². The molecule has 0 aliphatic rings. The van der Waals surface area contributed by atoms with Crippen molar-refractivity contribution in [2.75, 3.05) is 0 Å². The van der Waals surface area contributed by atoms with Crippen LogP contribution in [0.25, 0.3) is 33.8 Å². The van der Waals surface area contributed by atoms with E-state index in [0.717, 1.165) is 44.8 Å². The molecule has 59 heavy (non-hydrogen) atoms. The third kappa shape index (κ3) is 12.8. The molecule has 0 amide bonds. The highest BCUT2D eigenvalue weighted by Crippen LogP contribution is 2.28. The Kier molecular flexibility index (Phi) is 8.66. The lowest BCUT2D eigenvalue weighted by atomic mass is 9.86. The van der Waals surface area contributed by atoms with Crippen molar-refractivity contribution in [2.24, 2.45) is 32.5 Å². The van der Waals surface area contributed by atoms with Gasteiger partial charge in [-0.2, -0.15) is 0 Å². The summed E-state index contributed by atoms with van der Waals surface area (Å²) in [6, 6.07) is 22.1. The fraction of sp³-hybridized carbons (Fsp3) is 0.411. The van der Waals surface area contributed by atoms with Gasteiger partial charge in [-0.05, 0) is 137 Å². The van der Waals surface area contributed by atoms with Crippen molar-refractivity contribution in [3.8, 4) is 33.8 Å². The minimum Gasteiger partial charge on any atom is -0.201 e. The molecule has 0 bridgehead atoms. The number of benzene rings is 3. The first-order chi connectivity index (χ1) is 35.5. The summed E-state index contributed by atoms with van der Waals surface area (Å²) in [6.07, 6.45) is 1.67. The third-order valence-electron chi connectivity index (χ3n) is 9.78. The molecule has 0 spiro atoms. The number of rotatable bonds is 7. The van der Waals surface area contributed by atoms with Gasteiger partial charge in [0.25, 0.3) is 0 Å². The first kappa shape index (κ1) is 25.7. The Bertz CT molecular complexity index is 3170. The molecule has 0 aliphatic carbocycles. The first-order valence-electron chi connectivity index (χ1n) is 29.9. The van der Waals surface area contributed by atoms with E-state index in [-0.39, 0.29) is 28.2 Å². The molecule has 0 N–H and O–H groups in total. The summed E-state index contributed by atoms with van der Waals surface area (Å²) in [4.78, 5) is 0. The Morgan fingerprint density at radius 3 is 1.51 bits per heavy atom. The monoisotopic (exact) mass is 811 g/mol. The van der Waals surface area contributed by atoms with E-state index in [0.29, 0.717) is 27.9 Å². The van der Waals surface area contributed by atoms with Gasteiger partial charge in [0, 0.05) is 79.5 Å². The van der Waals surface area contributed by atoms with Crippen LogP contribution in [0.5, 0.6) is 0 Å². The van der Waals surface area contributed by atoms with Crippen molar-refractivity contribution in [3.05, 3.63) is 159 Å². The van der Waals surface area contributed by atoms with Gasteiger partial charge in [-0.1, -0.05) is 101 Å². The largest absolute Gasteiger partial charge is 0.212 e. The van der Waals surface area contributed by atoms with Crippen molar-refractivity contribution < 1.29 is 41.1 Å². The second kappa shape index (κ2) is 19.9. The first-order valence-corrected chi connectivity index (χ1v) is 19.9. The lowest BCUT2D eigenvalue weighted by molar-refractivity contribution is -0.661. The molecule has 3 aromatic carbocycles. The molecule has 0 aliphatic heterocycles. The average molecular weight is 811 g/mol. The number of pyridine rings is 3. The zero-order valence-electron chi connectivity index (χ0n) is 57.2. The van der Waals surface area contributed by atoms with Gasteiger partial charge in [-0.15, -0.1) is 0 Å². The van der Waals surface area contributed by atoms with E-state index >= 15 is 0 Å². The average Bonchev–Trinajstić information content (AvgIpc) is 3.28. The quantitative estimate of drug-likeness (QED) is 0.142. The molecular weight excluding hydrogens is 715 g/mol. The Hall–Kier alpha value is -4.89. The normalized spacial score (nSPS) is 18.9. The molecule has 0 saturated heterocycles. The molecule has 1 atom stereocenters. The van der Waals surface area contributed by atoms with E-state index in [2.05, 4.69) is 0 Å². The lowest BCUT2D eigenvalue weighted by Gasteiger charge is -2.19. The number of hydrogen-bond donors (Lipinski definition) is 0. The lowest BCUT2D eigenvalue weighted by Crippen LogP contribution is -2.32. The van der Waals surface area contributed by atoms with Crippen LogP contribution in [0.1, 0.15) is 143 Å². The molecule has 312 valence electrons. The Morgan fingerprint density at radius 2 is 1.07 bits per heavy atom. The van der Waals surface area contributed by atoms with Crippen LogP contribution in [-0.2, 0) is 33.9 Å². The van der Waals surface area contributed by atoms with Crippen molar-refractivity contribution in [1.82, 2.24) is 0 Å². The molecule has 3 aromatic heterocycles. The molecule has 0 saturated carbocycles. The van der Waals surface area contributed by atoms with E-state index in [1.807, 2.05) is 57.6 Å². The van der Waals surface area contributed by atoms with Crippen LogP contribution in [0.2, 0.25) is 0 Å². The summed E-state index contributed by atoms with van der Waals surface area (Å²) in [6.45, 7) is 6.26. The summed E-state index contributed by atoms with van der Waals surface area (Å²) in [7, 11) is 5.41. The maximum atomic E-state index is 8.67.